The number of nitrogens with zero attached hydrogens (tertiary/aromatic N) is 1. The van der Waals surface area contributed by atoms with E-state index in [1.165, 1.54) is 0 Å². The second-order valence-electron chi connectivity index (χ2n) is 4.04. The van der Waals surface area contributed by atoms with E-state index < -0.39 is 0 Å². The predicted molar refractivity (Wildman–Crippen MR) is 73.5 cm³/mol. The summed E-state index contributed by atoms with van der Waals surface area (Å²) in [4.78, 5) is 4.31. The number of benzene rings is 1. The Balaban J connectivity index is 2.07. The van der Waals surface area contributed by atoms with Gasteiger partial charge in [-0.05, 0) is 25.5 Å². The average Bonchev–Trinajstić information content (AvgIpc) is 2.82. The lowest BCUT2D eigenvalue weighted by atomic mass is 10.1. The number of hydrogen-bond acceptors (Lipinski definition) is 3. The SMILES string of the molecule is CC(N[C@@H](C)c1ccccc1Cl)c1cscn1. The summed E-state index contributed by atoms with van der Waals surface area (Å²) in [5, 5.41) is 6.37. The molecule has 17 heavy (non-hydrogen) atoms. The van der Waals surface area contributed by atoms with E-state index in [2.05, 4.69) is 29.5 Å². The van der Waals surface area contributed by atoms with Crippen LogP contribution >= 0.6 is 22.9 Å². The highest BCUT2D eigenvalue weighted by Gasteiger charge is 2.14. The van der Waals surface area contributed by atoms with E-state index in [-0.39, 0.29) is 12.1 Å². The Labute approximate surface area is 111 Å². The Morgan fingerprint density at radius 1 is 1.24 bits per heavy atom. The minimum absolute atomic E-state index is 0.209. The van der Waals surface area contributed by atoms with Crippen molar-refractivity contribution >= 4 is 22.9 Å². The van der Waals surface area contributed by atoms with Crippen molar-refractivity contribution in [3.8, 4) is 0 Å². The summed E-state index contributed by atoms with van der Waals surface area (Å²) in [6, 6.07) is 8.36. The standard InChI is InChI=1S/C13H15ClN2S/c1-9(11-5-3-4-6-12(11)14)16-10(2)13-7-17-8-15-13/h3-10,16H,1-2H3/t9-,10?/m0/s1. The monoisotopic (exact) mass is 266 g/mol. The number of thiazole rings is 1. The first-order valence-electron chi connectivity index (χ1n) is 5.57. The average molecular weight is 267 g/mol. The summed E-state index contributed by atoms with van der Waals surface area (Å²) < 4.78 is 0. The maximum absolute atomic E-state index is 6.17. The molecule has 90 valence electrons. The van der Waals surface area contributed by atoms with E-state index in [0.717, 1.165) is 16.3 Å². The molecule has 2 aromatic rings. The largest absolute Gasteiger partial charge is 0.302 e. The maximum atomic E-state index is 6.17. The number of aromatic nitrogens is 1. The summed E-state index contributed by atoms with van der Waals surface area (Å²) >= 11 is 7.79. The van der Waals surface area contributed by atoms with E-state index in [1.54, 1.807) is 11.3 Å². The van der Waals surface area contributed by atoms with E-state index in [9.17, 15) is 0 Å². The molecule has 1 N–H and O–H groups in total. The zero-order valence-corrected chi connectivity index (χ0v) is 11.4. The number of rotatable bonds is 4. The molecule has 0 bridgehead atoms. The van der Waals surface area contributed by atoms with Gasteiger partial charge in [-0.2, -0.15) is 0 Å². The molecule has 1 heterocycles. The molecule has 0 aliphatic heterocycles. The van der Waals surface area contributed by atoms with Crippen molar-refractivity contribution in [3.05, 3.63) is 51.4 Å². The molecular formula is C13H15ClN2S. The van der Waals surface area contributed by atoms with Crippen molar-refractivity contribution in [2.75, 3.05) is 0 Å². The van der Waals surface area contributed by atoms with Crippen molar-refractivity contribution in [1.82, 2.24) is 10.3 Å². The molecule has 0 fully saturated rings. The fourth-order valence-corrected chi connectivity index (χ4v) is 2.76. The maximum Gasteiger partial charge on any atom is 0.0795 e. The zero-order chi connectivity index (χ0) is 12.3. The minimum atomic E-state index is 0.209. The van der Waals surface area contributed by atoms with E-state index >= 15 is 0 Å². The lowest BCUT2D eigenvalue weighted by molar-refractivity contribution is 0.488. The highest BCUT2D eigenvalue weighted by atomic mass is 35.5. The summed E-state index contributed by atoms with van der Waals surface area (Å²) in [5.41, 5.74) is 4.05. The Bertz CT molecular complexity index is 470. The molecule has 2 atom stereocenters. The van der Waals surface area contributed by atoms with Gasteiger partial charge in [0.05, 0.1) is 11.2 Å². The molecule has 1 aromatic carbocycles. The van der Waals surface area contributed by atoms with Crippen LogP contribution in [0.1, 0.15) is 37.2 Å². The van der Waals surface area contributed by atoms with Crippen LogP contribution in [0.2, 0.25) is 5.02 Å². The first-order chi connectivity index (χ1) is 8.18. The van der Waals surface area contributed by atoms with Crippen LogP contribution in [0, 0.1) is 0 Å². The van der Waals surface area contributed by atoms with Gasteiger partial charge in [0.2, 0.25) is 0 Å². The first kappa shape index (κ1) is 12.6. The van der Waals surface area contributed by atoms with E-state index in [1.807, 2.05) is 29.8 Å². The third-order valence-electron chi connectivity index (χ3n) is 2.77. The lowest BCUT2D eigenvalue weighted by Gasteiger charge is -2.20. The molecule has 1 aromatic heterocycles. The molecule has 2 nitrogen and oxygen atoms in total. The summed E-state index contributed by atoms with van der Waals surface area (Å²) in [6.45, 7) is 4.23. The molecule has 4 heteroatoms. The molecule has 0 radical (unpaired) electrons. The fourth-order valence-electron chi connectivity index (χ4n) is 1.81. The minimum Gasteiger partial charge on any atom is -0.302 e. The van der Waals surface area contributed by atoms with Gasteiger partial charge in [-0.25, -0.2) is 4.98 Å². The van der Waals surface area contributed by atoms with E-state index in [4.69, 9.17) is 11.6 Å². The molecule has 0 saturated carbocycles. The van der Waals surface area contributed by atoms with Crippen LogP contribution in [0.25, 0.3) is 0 Å². The van der Waals surface area contributed by atoms with Crippen LogP contribution in [0.4, 0.5) is 0 Å². The Morgan fingerprint density at radius 2 is 2.00 bits per heavy atom. The Hall–Kier alpha value is -0.900. The normalized spacial score (nSPS) is 14.5. The van der Waals surface area contributed by atoms with Gasteiger partial charge in [0.25, 0.3) is 0 Å². The first-order valence-corrected chi connectivity index (χ1v) is 6.89. The predicted octanol–water partition coefficient (Wildman–Crippen LogP) is 4.21. The molecule has 0 amide bonds. The van der Waals surface area contributed by atoms with Gasteiger partial charge in [-0.1, -0.05) is 29.8 Å². The number of hydrogen-bond donors (Lipinski definition) is 1. The van der Waals surface area contributed by atoms with Gasteiger partial charge >= 0.3 is 0 Å². The van der Waals surface area contributed by atoms with Gasteiger partial charge in [0.1, 0.15) is 0 Å². The highest BCUT2D eigenvalue weighted by Crippen LogP contribution is 2.24. The molecule has 0 saturated heterocycles. The summed E-state index contributed by atoms with van der Waals surface area (Å²) in [7, 11) is 0. The molecular weight excluding hydrogens is 252 g/mol. The Kier molecular flexibility index (Phi) is 4.15. The van der Waals surface area contributed by atoms with Crippen molar-refractivity contribution in [2.24, 2.45) is 0 Å². The van der Waals surface area contributed by atoms with Crippen LogP contribution < -0.4 is 5.32 Å². The number of halogens is 1. The summed E-state index contributed by atoms with van der Waals surface area (Å²) in [5.74, 6) is 0. The number of nitrogens with one attached hydrogen (secondary N) is 1. The van der Waals surface area contributed by atoms with Crippen LogP contribution in [-0.4, -0.2) is 4.98 Å². The van der Waals surface area contributed by atoms with Gasteiger partial charge in [0.15, 0.2) is 0 Å². The third-order valence-corrected chi connectivity index (χ3v) is 3.72. The second-order valence-corrected chi connectivity index (χ2v) is 5.17. The van der Waals surface area contributed by atoms with Gasteiger partial charge in [0, 0.05) is 22.5 Å². The molecule has 0 aliphatic carbocycles. The summed E-state index contributed by atoms with van der Waals surface area (Å²) in [6.07, 6.45) is 0. The smallest absolute Gasteiger partial charge is 0.0795 e. The highest BCUT2D eigenvalue weighted by molar-refractivity contribution is 7.07. The van der Waals surface area contributed by atoms with Crippen LogP contribution in [0.15, 0.2) is 35.2 Å². The van der Waals surface area contributed by atoms with Crippen LogP contribution in [-0.2, 0) is 0 Å². The van der Waals surface area contributed by atoms with Gasteiger partial charge in [-0.15, -0.1) is 11.3 Å². The van der Waals surface area contributed by atoms with Crippen molar-refractivity contribution < 1.29 is 0 Å². The van der Waals surface area contributed by atoms with E-state index in [0.29, 0.717) is 0 Å². The van der Waals surface area contributed by atoms with Crippen molar-refractivity contribution in [2.45, 2.75) is 25.9 Å². The third kappa shape index (κ3) is 3.06. The van der Waals surface area contributed by atoms with Crippen LogP contribution in [0.5, 0.6) is 0 Å². The van der Waals surface area contributed by atoms with Gasteiger partial charge < -0.3 is 5.32 Å². The zero-order valence-electron chi connectivity index (χ0n) is 9.85. The lowest BCUT2D eigenvalue weighted by Crippen LogP contribution is -2.22. The topological polar surface area (TPSA) is 24.9 Å². The quantitative estimate of drug-likeness (QED) is 0.897. The van der Waals surface area contributed by atoms with Crippen molar-refractivity contribution in [1.29, 1.82) is 0 Å². The second kappa shape index (κ2) is 5.63. The van der Waals surface area contributed by atoms with Crippen molar-refractivity contribution in [3.63, 3.8) is 0 Å². The molecule has 0 aliphatic rings. The molecule has 1 unspecified atom stereocenters. The fraction of sp³-hybridized carbons (Fsp3) is 0.308. The molecule has 0 spiro atoms. The van der Waals surface area contributed by atoms with Crippen LogP contribution in [0.3, 0.4) is 0 Å². The molecule has 2 rings (SSSR count). The Morgan fingerprint density at radius 3 is 2.65 bits per heavy atom. The van der Waals surface area contributed by atoms with Gasteiger partial charge in [-0.3, -0.25) is 0 Å².